The molecule has 4 nitrogen and oxygen atoms in total. The molecule has 1 saturated heterocycles. The van der Waals surface area contributed by atoms with Crippen LogP contribution in [-0.4, -0.2) is 31.1 Å². The number of benzene rings is 1. The minimum absolute atomic E-state index is 0.582. The maximum atomic E-state index is 5.70. The third-order valence-electron chi connectivity index (χ3n) is 2.93. The van der Waals surface area contributed by atoms with Gasteiger partial charge in [-0.2, -0.15) is 0 Å². The van der Waals surface area contributed by atoms with Crippen molar-refractivity contribution in [2.24, 2.45) is 0 Å². The number of rotatable bonds is 4. The van der Waals surface area contributed by atoms with Gasteiger partial charge in [0.25, 0.3) is 0 Å². The summed E-state index contributed by atoms with van der Waals surface area (Å²) in [6.45, 7) is 4.11. The van der Waals surface area contributed by atoms with Gasteiger partial charge in [0, 0.05) is 12.6 Å². The lowest BCUT2D eigenvalue weighted by Gasteiger charge is -2.15. The molecule has 0 saturated carbocycles. The van der Waals surface area contributed by atoms with Gasteiger partial charge in [-0.1, -0.05) is 0 Å². The van der Waals surface area contributed by atoms with Crippen molar-refractivity contribution in [1.82, 2.24) is 4.90 Å². The number of ether oxygens (including phenoxy) is 1. The van der Waals surface area contributed by atoms with Gasteiger partial charge < -0.3 is 16.2 Å². The van der Waals surface area contributed by atoms with Crippen molar-refractivity contribution in [3.63, 3.8) is 0 Å². The fraction of sp³-hybridized carbons (Fsp3) is 0.500. The van der Waals surface area contributed by atoms with Crippen molar-refractivity contribution in [3.8, 4) is 5.75 Å². The van der Waals surface area contributed by atoms with Crippen LogP contribution in [0.15, 0.2) is 18.2 Å². The minimum Gasteiger partial charge on any atom is -0.492 e. The summed E-state index contributed by atoms with van der Waals surface area (Å²) in [5, 5.41) is 0. The van der Waals surface area contributed by atoms with Gasteiger partial charge in [0.1, 0.15) is 12.4 Å². The van der Waals surface area contributed by atoms with Gasteiger partial charge in [-0.3, -0.25) is 4.90 Å². The minimum atomic E-state index is 0.582. The smallest absolute Gasteiger partial charge is 0.121 e. The lowest BCUT2D eigenvalue weighted by molar-refractivity contribution is 0.238. The predicted octanol–water partition coefficient (Wildman–Crippen LogP) is 1.33. The summed E-state index contributed by atoms with van der Waals surface area (Å²) in [5.74, 6) is 0.797. The van der Waals surface area contributed by atoms with Gasteiger partial charge in [-0.25, -0.2) is 0 Å². The van der Waals surface area contributed by atoms with Crippen molar-refractivity contribution in [2.75, 3.05) is 37.7 Å². The van der Waals surface area contributed by atoms with E-state index >= 15 is 0 Å². The number of hydrogen-bond acceptors (Lipinski definition) is 4. The third kappa shape index (κ3) is 2.79. The summed E-state index contributed by atoms with van der Waals surface area (Å²) < 4.78 is 5.63. The van der Waals surface area contributed by atoms with Gasteiger partial charge in [-0.05, 0) is 38.1 Å². The first-order valence-corrected chi connectivity index (χ1v) is 5.76. The van der Waals surface area contributed by atoms with Crippen LogP contribution in [0.25, 0.3) is 0 Å². The van der Waals surface area contributed by atoms with Gasteiger partial charge in [0.2, 0.25) is 0 Å². The van der Waals surface area contributed by atoms with E-state index in [1.807, 2.05) is 6.07 Å². The predicted molar refractivity (Wildman–Crippen MR) is 66.4 cm³/mol. The zero-order valence-electron chi connectivity index (χ0n) is 9.48. The Kier molecular flexibility index (Phi) is 3.51. The average molecular weight is 221 g/mol. The molecule has 0 amide bonds. The van der Waals surface area contributed by atoms with Crippen LogP contribution >= 0.6 is 0 Å². The summed E-state index contributed by atoms with van der Waals surface area (Å²) in [6.07, 6.45) is 2.63. The van der Waals surface area contributed by atoms with Crippen molar-refractivity contribution in [3.05, 3.63) is 18.2 Å². The van der Waals surface area contributed by atoms with E-state index < -0.39 is 0 Å². The molecule has 1 aromatic carbocycles. The second-order valence-electron chi connectivity index (χ2n) is 4.19. The molecule has 4 N–H and O–H groups in total. The molecule has 0 aromatic heterocycles. The van der Waals surface area contributed by atoms with Crippen LogP contribution in [0, 0.1) is 0 Å². The number of nitrogens with two attached hydrogens (primary N) is 2. The van der Waals surface area contributed by atoms with E-state index in [-0.39, 0.29) is 0 Å². The summed E-state index contributed by atoms with van der Waals surface area (Å²) in [6, 6.07) is 5.41. The van der Waals surface area contributed by atoms with E-state index in [2.05, 4.69) is 4.90 Å². The standard InChI is InChI=1S/C12H19N3O/c13-11-4-3-10(9-12(11)14)16-8-7-15-5-1-2-6-15/h3-4,9H,1-2,5-8,13-14H2. The first-order chi connectivity index (χ1) is 7.75. The number of hydrogen-bond donors (Lipinski definition) is 2. The molecule has 0 spiro atoms. The van der Waals surface area contributed by atoms with Crippen LogP contribution in [0.2, 0.25) is 0 Å². The van der Waals surface area contributed by atoms with Gasteiger partial charge in [-0.15, -0.1) is 0 Å². The fourth-order valence-corrected chi connectivity index (χ4v) is 1.94. The SMILES string of the molecule is Nc1ccc(OCCN2CCCC2)cc1N. The van der Waals surface area contributed by atoms with Gasteiger partial charge in [0.05, 0.1) is 11.4 Å². The molecule has 0 unspecified atom stereocenters. The number of nitrogen functional groups attached to an aromatic ring is 2. The molecule has 2 rings (SSSR count). The van der Waals surface area contributed by atoms with E-state index in [0.717, 1.165) is 12.3 Å². The first-order valence-electron chi connectivity index (χ1n) is 5.76. The van der Waals surface area contributed by atoms with Crippen LogP contribution in [0.5, 0.6) is 5.75 Å². The highest BCUT2D eigenvalue weighted by molar-refractivity contribution is 5.65. The molecule has 1 aliphatic heterocycles. The highest BCUT2D eigenvalue weighted by atomic mass is 16.5. The fourth-order valence-electron chi connectivity index (χ4n) is 1.94. The zero-order chi connectivity index (χ0) is 11.4. The first kappa shape index (κ1) is 11.1. The second kappa shape index (κ2) is 5.07. The number of nitrogens with zero attached hydrogens (tertiary/aromatic N) is 1. The van der Waals surface area contributed by atoms with Crippen LogP contribution in [0.1, 0.15) is 12.8 Å². The summed E-state index contributed by atoms with van der Waals surface area (Å²) in [4.78, 5) is 2.42. The molecule has 0 atom stereocenters. The Morgan fingerprint density at radius 3 is 2.56 bits per heavy atom. The maximum Gasteiger partial charge on any atom is 0.121 e. The van der Waals surface area contributed by atoms with E-state index in [9.17, 15) is 0 Å². The lowest BCUT2D eigenvalue weighted by Crippen LogP contribution is -2.25. The van der Waals surface area contributed by atoms with E-state index in [0.29, 0.717) is 18.0 Å². The average Bonchev–Trinajstić information content (AvgIpc) is 2.76. The maximum absolute atomic E-state index is 5.70. The molecule has 1 heterocycles. The Hall–Kier alpha value is -1.42. The van der Waals surface area contributed by atoms with Crippen LogP contribution < -0.4 is 16.2 Å². The van der Waals surface area contributed by atoms with E-state index in [1.165, 1.54) is 25.9 Å². The van der Waals surface area contributed by atoms with Crippen LogP contribution in [0.4, 0.5) is 11.4 Å². The van der Waals surface area contributed by atoms with Gasteiger partial charge in [0.15, 0.2) is 0 Å². The Morgan fingerprint density at radius 2 is 1.88 bits per heavy atom. The second-order valence-corrected chi connectivity index (χ2v) is 4.19. The Morgan fingerprint density at radius 1 is 1.12 bits per heavy atom. The van der Waals surface area contributed by atoms with Gasteiger partial charge >= 0.3 is 0 Å². The van der Waals surface area contributed by atoms with E-state index in [1.54, 1.807) is 12.1 Å². The Balaban J connectivity index is 1.78. The summed E-state index contributed by atoms with van der Waals surface area (Å²) in [5.41, 5.74) is 12.5. The highest BCUT2D eigenvalue weighted by Crippen LogP contribution is 2.21. The molecule has 0 aliphatic carbocycles. The quantitative estimate of drug-likeness (QED) is 0.753. The normalized spacial score (nSPS) is 16.5. The topological polar surface area (TPSA) is 64.5 Å². The molecule has 4 heteroatoms. The molecular weight excluding hydrogens is 202 g/mol. The Labute approximate surface area is 96.2 Å². The third-order valence-corrected chi connectivity index (χ3v) is 2.93. The van der Waals surface area contributed by atoms with Crippen molar-refractivity contribution in [1.29, 1.82) is 0 Å². The largest absolute Gasteiger partial charge is 0.492 e. The molecule has 0 radical (unpaired) electrons. The molecular formula is C12H19N3O. The molecule has 16 heavy (non-hydrogen) atoms. The summed E-state index contributed by atoms with van der Waals surface area (Å²) >= 11 is 0. The van der Waals surface area contributed by atoms with Crippen molar-refractivity contribution < 1.29 is 4.74 Å². The molecule has 88 valence electrons. The monoisotopic (exact) mass is 221 g/mol. The molecule has 0 bridgehead atoms. The molecule has 1 aliphatic rings. The Bertz CT molecular complexity index is 348. The summed E-state index contributed by atoms with van der Waals surface area (Å²) in [7, 11) is 0. The van der Waals surface area contributed by atoms with Crippen molar-refractivity contribution >= 4 is 11.4 Å². The van der Waals surface area contributed by atoms with Crippen molar-refractivity contribution in [2.45, 2.75) is 12.8 Å². The zero-order valence-corrected chi connectivity index (χ0v) is 9.48. The number of likely N-dealkylation sites (tertiary alicyclic amines) is 1. The van der Waals surface area contributed by atoms with E-state index in [4.69, 9.17) is 16.2 Å². The lowest BCUT2D eigenvalue weighted by atomic mass is 10.2. The molecule has 1 aromatic rings. The number of anilines is 2. The highest BCUT2D eigenvalue weighted by Gasteiger charge is 2.10. The van der Waals surface area contributed by atoms with Crippen LogP contribution in [-0.2, 0) is 0 Å². The van der Waals surface area contributed by atoms with Crippen LogP contribution in [0.3, 0.4) is 0 Å². The molecule has 1 fully saturated rings.